The largest absolute Gasteiger partial charge is 0.341 e. The molecule has 1 amide bonds. The van der Waals surface area contributed by atoms with Gasteiger partial charge in [-0.25, -0.2) is 13.1 Å². The monoisotopic (exact) mass is 393 g/mol. The number of hydrogen-bond donors (Lipinski definition) is 2. The number of halogens is 1. The standard InChI is InChI=1S/C15H23N3O3S2.ClH/c16-15(7-1-2-8-15)14(19)18-9-5-12(6-10-18)17-23(20,21)13-4-3-11-22-13;/h3-4,11-12,17H,1-2,5-10,16H2;1H. The van der Waals surface area contributed by atoms with Gasteiger partial charge in [-0.1, -0.05) is 18.9 Å². The average Bonchev–Trinajstić information content (AvgIpc) is 3.19. The van der Waals surface area contributed by atoms with E-state index in [0.717, 1.165) is 25.7 Å². The van der Waals surface area contributed by atoms with Crippen molar-refractivity contribution in [2.24, 2.45) is 5.73 Å². The summed E-state index contributed by atoms with van der Waals surface area (Å²) in [7, 11) is -3.44. The van der Waals surface area contributed by atoms with E-state index in [9.17, 15) is 13.2 Å². The first-order valence-electron chi connectivity index (χ1n) is 8.05. The number of piperidine rings is 1. The van der Waals surface area contributed by atoms with Gasteiger partial charge in [0.05, 0.1) is 5.54 Å². The van der Waals surface area contributed by atoms with Gasteiger partial charge < -0.3 is 10.6 Å². The van der Waals surface area contributed by atoms with Crippen molar-refractivity contribution >= 4 is 39.7 Å². The lowest BCUT2D eigenvalue weighted by Gasteiger charge is -2.36. The Morgan fingerprint density at radius 1 is 1.29 bits per heavy atom. The summed E-state index contributed by atoms with van der Waals surface area (Å²) >= 11 is 1.21. The van der Waals surface area contributed by atoms with Gasteiger partial charge in [0.25, 0.3) is 0 Å². The predicted molar refractivity (Wildman–Crippen MR) is 96.9 cm³/mol. The fourth-order valence-corrected chi connectivity index (χ4v) is 5.74. The number of amides is 1. The molecule has 2 heterocycles. The molecule has 24 heavy (non-hydrogen) atoms. The van der Waals surface area contributed by atoms with Gasteiger partial charge in [0, 0.05) is 19.1 Å². The zero-order valence-electron chi connectivity index (χ0n) is 13.4. The molecule has 1 saturated carbocycles. The number of sulfonamides is 1. The molecule has 2 aliphatic rings. The zero-order valence-corrected chi connectivity index (χ0v) is 15.9. The molecule has 1 aromatic heterocycles. The van der Waals surface area contributed by atoms with Crippen molar-refractivity contribution in [3.05, 3.63) is 17.5 Å². The van der Waals surface area contributed by atoms with Crippen LogP contribution < -0.4 is 10.5 Å². The second kappa shape index (κ2) is 7.70. The Balaban J connectivity index is 0.00000208. The first-order chi connectivity index (χ1) is 10.9. The topological polar surface area (TPSA) is 92.5 Å². The summed E-state index contributed by atoms with van der Waals surface area (Å²) in [4.78, 5) is 14.4. The van der Waals surface area contributed by atoms with Gasteiger partial charge in [-0.2, -0.15) is 0 Å². The molecule has 3 rings (SSSR count). The lowest BCUT2D eigenvalue weighted by Crippen LogP contribution is -2.56. The lowest BCUT2D eigenvalue weighted by atomic mass is 9.95. The van der Waals surface area contributed by atoms with Crippen molar-refractivity contribution in [1.82, 2.24) is 9.62 Å². The van der Waals surface area contributed by atoms with Gasteiger partial charge in [-0.05, 0) is 37.1 Å². The summed E-state index contributed by atoms with van der Waals surface area (Å²) in [6.45, 7) is 1.13. The number of nitrogens with zero attached hydrogens (tertiary/aromatic N) is 1. The van der Waals surface area contributed by atoms with Crippen molar-refractivity contribution in [2.45, 2.75) is 54.3 Å². The Hall–Kier alpha value is -0.670. The van der Waals surface area contributed by atoms with Gasteiger partial charge >= 0.3 is 0 Å². The minimum absolute atomic E-state index is 0. The molecule has 0 spiro atoms. The van der Waals surface area contributed by atoms with Crippen molar-refractivity contribution in [2.75, 3.05) is 13.1 Å². The molecule has 1 aliphatic heterocycles. The zero-order chi connectivity index (χ0) is 16.5. The molecule has 0 radical (unpaired) electrons. The minimum Gasteiger partial charge on any atom is -0.341 e. The maximum Gasteiger partial charge on any atom is 0.250 e. The average molecular weight is 394 g/mol. The van der Waals surface area contributed by atoms with Crippen LogP contribution in [0.25, 0.3) is 0 Å². The van der Waals surface area contributed by atoms with Crippen LogP contribution in [-0.2, 0) is 14.8 Å². The molecular weight excluding hydrogens is 370 g/mol. The first kappa shape index (κ1) is 19.7. The van der Waals surface area contributed by atoms with Crippen LogP contribution in [0, 0.1) is 0 Å². The summed E-state index contributed by atoms with van der Waals surface area (Å²) in [6.07, 6.45) is 4.81. The normalized spacial score (nSPS) is 21.5. The third-order valence-corrected chi connectivity index (χ3v) is 7.70. The molecule has 0 unspecified atom stereocenters. The maximum atomic E-state index is 12.6. The van der Waals surface area contributed by atoms with Crippen LogP contribution in [0.4, 0.5) is 0 Å². The third-order valence-electron chi connectivity index (χ3n) is 4.79. The fraction of sp³-hybridized carbons (Fsp3) is 0.667. The Morgan fingerprint density at radius 2 is 1.92 bits per heavy atom. The summed E-state index contributed by atoms with van der Waals surface area (Å²) in [5.41, 5.74) is 5.54. The van der Waals surface area contributed by atoms with Crippen LogP contribution in [0.15, 0.2) is 21.7 Å². The second-order valence-corrected chi connectivity index (χ2v) is 9.37. The molecule has 0 bridgehead atoms. The van der Waals surface area contributed by atoms with Gasteiger partial charge in [0.2, 0.25) is 15.9 Å². The van der Waals surface area contributed by atoms with Crippen LogP contribution in [0.2, 0.25) is 0 Å². The number of hydrogen-bond acceptors (Lipinski definition) is 5. The summed E-state index contributed by atoms with van der Waals surface area (Å²) in [5.74, 6) is 0.0366. The highest BCUT2D eigenvalue weighted by molar-refractivity contribution is 7.91. The number of nitrogens with two attached hydrogens (primary N) is 1. The Kier molecular flexibility index (Phi) is 6.30. The van der Waals surface area contributed by atoms with E-state index in [1.54, 1.807) is 22.4 Å². The van der Waals surface area contributed by atoms with Gasteiger partial charge in [-0.3, -0.25) is 4.79 Å². The van der Waals surface area contributed by atoms with E-state index in [0.29, 0.717) is 30.1 Å². The summed E-state index contributed by atoms with van der Waals surface area (Å²) in [5, 5.41) is 1.75. The highest BCUT2D eigenvalue weighted by Crippen LogP contribution is 2.30. The highest BCUT2D eigenvalue weighted by Gasteiger charge is 2.41. The third kappa shape index (κ3) is 4.11. The van der Waals surface area contributed by atoms with Crippen LogP contribution in [-0.4, -0.2) is 43.9 Å². The van der Waals surface area contributed by atoms with Crippen molar-refractivity contribution < 1.29 is 13.2 Å². The quantitative estimate of drug-likeness (QED) is 0.814. The molecular formula is C15H24ClN3O3S2. The molecule has 2 fully saturated rings. The van der Waals surface area contributed by atoms with E-state index in [1.165, 1.54) is 11.3 Å². The maximum absolute atomic E-state index is 12.6. The van der Waals surface area contributed by atoms with E-state index in [-0.39, 0.29) is 24.4 Å². The Labute approximate surface area is 153 Å². The van der Waals surface area contributed by atoms with E-state index in [4.69, 9.17) is 5.73 Å². The number of carbonyl (C=O) groups is 1. The Bertz CT molecular complexity index is 650. The molecule has 1 saturated heterocycles. The fourth-order valence-electron chi connectivity index (χ4n) is 3.43. The molecule has 0 aromatic carbocycles. The van der Waals surface area contributed by atoms with Crippen molar-refractivity contribution in [1.29, 1.82) is 0 Å². The molecule has 136 valence electrons. The van der Waals surface area contributed by atoms with Crippen LogP contribution in [0.1, 0.15) is 38.5 Å². The van der Waals surface area contributed by atoms with E-state index in [1.807, 2.05) is 0 Å². The number of nitrogens with one attached hydrogen (secondary N) is 1. The summed E-state index contributed by atoms with van der Waals surface area (Å²) in [6, 6.07) is 3.20. The van der Waals surface area contributed by atoms with Gasteiger partial charge in [0.1, 0.15) is 4.21 Å². The van der Waals surface area contributed by atoms with E-state index < -0.39 is 15.6 Å². The lowest BCUT2D eigenvalue weighted by molar-refractivity contribution is -0.137. The van der Waals surface area contributed by atoms with Crippen LogP contribution in [0.5, 0.6) is 0 Å². The molecule has 1 aromatic rings. The first-order valence-corrected chi connectivity index (χ1v) is 10.4. The number of carbonyl (C=O) groups excluding carboxylic acids is 1. The molecule has 1 aliphatic carbocycles. The number of thiophene rings is 1. The van der Waals surface area contributed by atoms with Crippen molar-refractivity contribution in [3.63, 3.8) is 0 Å². The van der Waals surface area contributed by atoms with E-state index in [2.05, 4.69) is 4.72 Å². The van der Waals surface area contributed by atoms with Crippen LogP contribution in [0.3, 0.4) is 0 Å². The highest BCUT2D eigenvalue weighted by atomic mass is 35.5. The second-order valence-electron chi connectivity index (χ2n) is 6.48. The molecule has 6 nitrogen and oxygen atoms in total. The van der Waals surface area contributed by atoms with Crippen LogP contribution >= 0.6 is 23.7 Å². The number of likely N-dealkylation sites (tertiary alicyclic amines) is 1. The van der Waals surface area contributed by atoms with Gasteiger partial charge in [0.15, 0.2) is 0 Å². The smallest absolute Gasteiger partial charge is 0.250 e. The van der Waals surface area contributed by atoms with E-state index >= 15 is 0 Å². The number of rotatable bonds is 4. The van der Waals surface area contributed by atoms with Gasteiger partial charge in [-0.15, -0.1) is 23.7 Å². The SMILES string of the molecule is Cl.NC1(C(=O)N2CCC(NS(=O)(=O)c3cccs3)CC2)CCCC1. The van der Waals surface area contributed by atoms with Crippen molar-refractivity contribution in [3.8, 4) is 0 Å². The molecule has 0 atom stereocenters. The minimum atomic E-state index is -3.44. The summed E-state index contributed by atoms with van der Waals surface area (Å²) < 4.78 is 27.6. The molecule has 9 heteroatoms. The Morgan fingerprint density at radius 3 is 2.46 bits per heavy atom. The molecule has 3 N–H and O–H groups in total. The predicted octanol–water partition coefficient (Wildman–Crippen LogP) is 1.71.